The number of thioether (sulfide) groups is 1. The Hall–Kier alpha value is -0.710. The first kappa shape index (κ1) is 17.3. The van der Waals surface area contributed by atoms with E-state index in [1.54, 1.807) is 0 Å². The Kier molecular flexibility index (Phi) is 5.92. The number of rotatable bonds is 2. The maximum absolute atomic E-state index is 12.5. The van der Waals surface area contributed by atoms with E-state index >= 15 is 0 Å². The lowest BCUT2D eigenvalue weighted by Gasteiger charge is -2.38. The molecule has 20 heavy (non-hydrogen) atoms. The van der Waals surface area contributed by atoms with Gasteiger partial charge in [0, 0.05) is 23.6 Å². The number of carbonyl (C=O) groups is 1. The first-order valence-electron chi connectivity index (χ1n) is 6.64. The van der Waals surface area contributed by atoms with Crippen molar-refractivity contribution in [3.63, 3.8) is 0 Å². The normalized spacial score (nSPS) is 19.1. The van der Waals surface area contributed by atoms with E-state index < -0.39 is 6.04 Å². The third kappa shape index (κ3) is 4.14. The van der Waals surface area contributed by atoms with Gasteiger partial charge < -0.3 is 10.6 Å². The van der Waals surface area contributed by atoms with Gasteiger partial charge in [-0.15, -0.1) is 12.4 Å². The predicted molar refractivity (Wildman–Crippen MR) is 88.5 cm³/mol. The summed E-state index contributed by atoms with van der Waals surface area (Å²) in [5.41, 5.74) is 8.18. The molecule has 0 spiro atoms. The Morgan fingerprint density at radius 2 is 1.95 bits per heavy atom. The van der Waals surface area contributed by atoms with E-state index in [1.165, 1.54) is 5.56 Å². The second-order valence-corrected chi connectivity index (χ2v) is 7.56. The molecule has 1 aliphatic heterocycles. The van der Waals surface area contributed by atoms with Crippen molar-refractivity contribution in [2.24, 2.45) is 5.73 Å². The molecule has 3 nitrogen and oxygen atoms in total. The summed E-state index contributed by atoms with van der Waals surface area (Å²) in [5.74, 6) is 1.02. The molecule has 2 N–H and O–H groups in total. The van der Waals surface area contributed by atoms with Gasteiger partial charge in [0.05, 0.1) is 0 Å². The zero-order chi connectivity index (χ0) is 14.0. The van der Waals surface area contributed by atoms with E-state index in [-0.39, 0.29) is 23.1 Å². The highest BCUT2D eigenvalue weighted by molar-refractivity contribution is 8.00. The fraction of sp³-hybridized carbons (Fsp3) is 0.533. The standard InChI is InChI=1S/C15H22N2OS.ClH/c1-11-4-6-12(7-5-11)13(16)14(18)17-8-9-19-15(2,3)10-17;/h4-7,13H,8-10,16H2,1-3H3;1H. The van der Waals surface area contributed by atoms with Crippen molar-refractivity contribution >= 4 is 30.1 Å². The summed E-state index contributed by atoms with van der Waals surface area (Å²) < 4.78 is 0.126. The topological polar surface area (TPSA) is 46.3 Å². The van der Waals surface area contributed by atoms with Crippen LogP contribution in [-0.2, 0) is 4.79 Å². The average molecular weight is 315 g/mol. The largest absolute Gasteiger partial charge is 0.339 e. The lowest BCUT2D eigenvalue weighted by Crippen LogP contribution is -2.49. The van der Waals surface area contributed by atoms with Gasteiger partial charge in [0.15, 0.2) is 0 Å². The highest BCUT2D eigenvalue weighted by Gasteiger charge is 2.32. The molecular weight excluding hydrogens is 292 g/mol. The van der Waals surface area contributed by atoms with Gasteiger partial charge in [-0.25, -0.2) is 0 Å². The predicted octanol–water partition coefficient (Wildman–Crippen LogP) is 2.77. The van der Waals surface area contributed by atoms with Gasteiger partial charge in [0.25, 0.3) is 0 Å². The smallest absolute Gasteiger partial charge is 0.244 e. The molecule has 112 valence electrons. The summed E-state index contributed by atoms with van der Waals surface area (Å²) in [5, 5.41) is 0. The van der Waals surface area contributed by atoms with Crippen LogP contribution >= 0.6 is 24.2 Å². The molecule has 1 aliphatic rings. The molecule has 1 amide bonds. The third-order valence-corrected chi connectivity index (χ3v) is 4.74. The zero-order valence-corrected chi connectivity index (χ0v) is 13.9. The summed E-state index contributed by atoms with van der Waals surface area (Å²) >= 11 is 1.92. The van der Waals surface area contributed by atoms with Crippen molar-refractivity contribution in [3.8, 4) is 0 Å². The maximum atomic E-state index is 12.5. The third-order valence-electron chi connectivity index (χ3n) is 3.44. The van der Waals surface area contributed by atoms with Gasteiger partial charge in [-0.3, -0.25) is 4.79 Å². The van der Waals surface area contributed by atoms with Crippen LogP contribution in [0.25, 0.3) is 0 Å². The molecule has 0 bridgehead atoms. The van der Waals surface area contributed by atoms with Gasteiger partial charge in [-0.05, 0) is 26.3 Å². The number of hydrogen-bond acceptors (Lipinski definition) is 3. The fourth-order valence-corrected chi connectivity index (χ4v) is 3.43. The second-order valence-electron chi connectivity index (χ2n) is 5.76. The molecule has 1 aromatic rings. The number of amides is 1. The Bertz CT molecular complexity index is 461. The molecule has 2 rings (SSSR count). The molecule has 0 aliphatic carbocycles. The highest BCUT2D eigenvalue weighted by Crippen LogP contribution is 2.30. The Labute approximate surface area is 131 Å². The number of halogens is 1. The summed E-state index contributed by atoms with van der Waals surface area (Å²) in [6.07, 6.45) is 0. The minimum atomic E-state index is -0.542. The van der Waals surface area contributed by atoms with E-state index in [1.807, 2.05) is 47.9 Å². The molecular formula is C15H23ClN2OS. The van der Waals surface area contributed by atoms with Gasteiger partial charge in [0.1, 0.15) is 6.04 Å². The van der Waals surface area contributed by atoms with E-state index in [0.717, 1.165) is 24.4 Å². The van der Waals surface area contributed by atoms with Crippen LogP contribution in [0.15, 0.2) is 24.3 Å². The van der Waals surface area contributed by atoms with Crippen LogP contribution in [0.5, 0.6) is 0 Å². The van der Waals surface area contributed by atoms with Crippen LogP contribution in [0.4, 0.5) is 0 Å². The van der Waals surface area contributed by atoms with Gasteiger partial charge in [-0.1, -0.05) is 29.8 Å². The van der Waals surface area contributed by atoms with Crippen LogP contribution in [-0.4, -0.2) is 34.4 Å². The van der Waals surface area contributed by atoms with E-state index in [2.05, 4.69) is 13.8 Å². The van der Waals surface area contributed by atoms with E-state index in [4.69, 9.17) is 5.73 Å². The summed E-state index contributed by atoms with van der Waals surface area (Å²) in [4.78, 5) is 14.4. The lowest BCUT2D eigenvalue weighted by atomic mass is 10.0. The SMILES string of the molecule is Cc1ccc(C(N)C(=O)N2CCSC(C)(C)C2)cc1.Cl. The maximum Gasteiger partial charge on any atom is 0.244 e. The van der Waals surface area contributed by atoms with Gasteiger partial charge in [-0.2, -0.15) is 11.8 Å². The molecule has 1 heterocycles. The van der Waals surface area contributed by atoms with Crippen molar-refractivity contribution in [2.45, 2.75) is 31.6 Å². The summed E-state index contributed by atoms with van der Waals surface area (Å²) in [6, 6.07) is 7.35. The number of nitrogens with two attached hydrogens (primary N) is 1. The molecule has 0 saturated carbocycles. The number of benzene rings is 1. The van der Waals surface area contributed by atoms with Crippen molar-refractivity contribution < 1.29 is 4.79 Å². The van der Waals surface area contributed by atoms with Crippen molar-refractivity contribution in [1.29, 1.82) is 0 Å². The summed E-state index contributed by atoms with van der Waals surface area (Å²) in [6.45, 7) is 7.95. The number of nitrogens with zero attached hydrogens (tertiary/aromatic N) is 1. The quantitative estimate of drug-likeness (QED) is 0.913. The zero-order valence-electron chi connectivity index (χ0n) is 12.3. The van der Waals surface area contributed by atoms with Gasteiger partial charge >= 0.3 is 0 Å². The van der Waals surface area contributed by atoms with Gasteiger partial charge in [0.2, 0.25) is 5.91 Å². The fourth-order valence-electron chi connectivity index (χ4n) is 2.32. The Balaban J connectivity index is 0.00000200. The number of aryl methyl sites for hydroxylation is 1. The van der Waals surface area contributed by atoms with Crippen molar-refractivity contribution in [3.05, 3.63) is 35.4 Å². The first-order valence-corrected chi connectivity index (χ1v) is 7.62. The highest BCUT2D eigenvalue weighted by atomic mass is 35.5. The van der Waals surface area contributed by atoms with Crippen LogP contribution < -0.4 is 5.73 Å². The first-order chi connectivity index (χ1) is 8.89. The molecule has 0 aromatic heterocycles. The molecule has 1 atom stereocenters. The molecule has 0 radical (unpaired) electrons. The van der Waals surface area contributed by atoms with E-state index in [9.17, 15) is 4.79 Å². The van der Waals surface area contributed by atoms with Crippen LogP contribution in [0.2, 0.25) is 0 Å². The number of carbonyl (C=O) groups excluding carboxylic acids is 1. The lowest BCUT2D eigenvalue weighted by molar-refractivity contribution is -0.133. The second kappa shape index (κ2) is 6.83. The van der Waals surface area contributed by atoms with Crippen LogP contribution in [0.1, 0.15) is 31.0 Å². The number of hydrogen-bond donors (Lipinski definition) is 1. The van der Waals surface area contributed by atoms with Crippen LogP contribution in [0, 0.1) is 6.92 Å². The Morgan fingerprint density at radius 3 is 2.50 bits per heavy atom. The van der Waals surface area contributed by atoms with Crippen molar-refractivity contribution in [1.82, 2.24) is 4.90 Å². The average Bonchev–Trinajstić information content (AvgIpc) is 2.37. The van der Waals surface area contributed by atoms with E-state index in [0.29, 0.717) is 0 Å². The minimum Gasteiger partial charge on any atom is -0.339 e. The van der Waals surface area contributed by atoms with Crippen LogP contribution in [0.3, 0.4) is 0 Å². The minimum absolute atomic E-state index is 0. The molecule has 1 unspecified atom stereocenters. The van der Waals surface area contributed by atoms with Crippen molar-refractivity contribution in [2.75, 3.05) is 18.8 Å². The molecule has 1 aromatic carbocycles. The summed E-state index contributed by atoms with van der Waals surface area (Å²) in [7, 11) is 0. The molecule has 5 heteroatoms. The monoisotopic (exact) mass is 314 g/mol. The molecule has 1 fully saturated rings. The molecule has 1 saturated heterocycles. The Morgan fingerprint density at radius 1 is 1.35 bits per heavy atom.